The van der Waals surface area contributed by atoms with E-state index in [9.17, 15) is 24.6 Å². The number of carbonyl (C=O) groups excluding carboxylic acids is 2. The zero-order chi connectivity index (χ0) is 23.9. The molecule has 2 aromatic carbocycles. The predicted octanol–water partition coefficient (Wildman–Crippen LogP) is 1.73. The summed E-state index contributed by atoms with van der Waals surface area (Å²) < 4.78 is 11.0. The number of nitrogens with zero attached hydrogens (tertiary/aromatic N) is 1. The van der Waals surface area contributed by atoms with Crippen molar-refractivity contribution in [3.63, 3.8) is 0 Å². The smallest absolute Gasteiger partial charge is 0.408 e. The SMILES string of the molecule is O=C(NC1(C(=O)N2C[C@H](O)C[C@@H]2C(=O)O)CCOC1)OCC1c2ccccc2-c2ccccc21. The van der Waals surface area contributed by atoms with Crippen molar-refractivity contribution in [1.29, 1.82) is 0 Å². The van der Waals surface area contributed by atoms with Gasteiger partial charge in [-0.25, -0.2) is 9.59 Å². The van der Waals surface area contributed by atoms with Gasteiger partial charge in [-0.2, -0.15) is 0 Å². The molecule has 34 heavy (non-hydrogen) atoms. The molecule has 2 fully saturated rings. The summed E-state index contributed by atoms with van der Waals surface area (Å²) in [6.07, 6.45) is -1.57. The number of aliphatic hydroxyl groups is 1. The van der Waals surface area contributed by atoms with Gasteiger partial charge < -0.3 is 29.9 Å². The fourth-order valence-electron chi connectivity index (χ4n) is 5.26. The first kappa shape index (κ1) is 22.4. The molecule has 2 amide bonds. The number of carbonyl (C=O) groups is 3. The van der Waals surface area contributed by atoms with Gasteiger partial charge in [0.1, 0.15) is 18.2 Å². The maximum Gasteiger partial charge on any atom is 0.408 e. The number of fused-ring (bicyclic) bond motifs is 3. The van der Waals surface area contributed by atoms with Crippen molar-refractivity contribution in [3.8, 4) is 11.1 Å². The van der Waals surface area contributed by atoms with Crippen molar-refractivity contribution in [2.75, 3.05) is 26.4 Å². The van der Waals surface area contributed by atoms with Crippen molar-refractivity contribution in [1.82, 2.24) is 10.2 Å². The van der Waals surface area contributed by atoms with Crippen molar-refractivity contribution in [2.45, 2.75) is 36.4 Å². The molecule has 0 bridgehead atoms. The highest BCUT2D eigenvalue weighted by Crippen LogP contribution is 2.44. The Morgan fingerprint density at radius 1 is 1.09 bits per heavy atom. The molecule has 0 radical (unpaired) electrons. The highest BCUT2D eigenvalue weighted by molar-refractivity contribution is 5.93. The van der Waals surface area contributed by atoms with Crippen LogP contribution in [-0.2, 0) is 19.1 Å². The molecule has 1 unspecified atom stereocenters. The van der Waals surface area contributed by atoms with Gasteiger partial charge >= 0.3 is 12.1 Å². The van der Waals surface area contributed by atoms with Crippen LogP contribution in [0.15, 0.2) is 48.5 Å². The van der Waals surface area contributed by atoms with Gasteiger partial charge in [-0.15, -0.1) is 0 Å². The molecule has 9 nitrogen and oxygen atoms in total. The quantitative estimate of drug-likeness (QED) is 0.613. The summed E-state index contributed by atoms with van der Waals surface area (Å²) in [7, 11) is 0. The maximum atomic E-state index is 13.4. The number of alkyl carbamates (subject to hydrolysis) is 1. The average Bonchev–Trinajstić information content (AvgIpc) is 3.54. The van der Waals surface area contributed by atoms with Crippen molar-refractivity contribution < 1.29 is 34.1 Å². The van der Waals surface area contributed by atoms with Gasteiger partial charge in [-0.1, -0.05) is 48.5 Å². The number of ether oxygens (including phenoxy) is 2. The largest absolute Gasteiger partial charge is 0.480 e. The number of β-amino-alcohol motifs (C(OH)–C–C–N with tert-alkyl or cyclic N) is 1. The summed E-state index contributed by atoms with van der Waals surface area (Å²) in [5.41, 5.74) is 2.93. The molecular weight excluding hydrogens is 440 g/mol. The number of hydrogen-bond donors (Lipinski definition) is 3. The van der Waals surface area contributed by atoms with Crippen molar-refractivity contribution in [2.24, 2.45) is 0 Å². The number of carboxylic acid groups (broad SMARTS) is 1. The van der Waals surface area contributed by atoms with Gasteiger partial charge in [0.25, 0.3) is 5.91 Å². The van der Waals surface area contributed by atoms with Crippen LogP contribution in [0.1, 0.15) is 29.9 Å². The Labute approximate surface area is 196 Å². The third-order valence-electron chi connectivity index (χ3n) is 6.94. The van der Waals surface area contributed by atoms with Crippen LogP contribution in [-0.4, -0.2) is 77.1 Å². The molecule has 0 spiro atoms. The average molecular weight is 466 g/mol. The third-order valence-corrected chi connectivity index (χ3v) is 6.94. The second-order valence-corrected chi connectivity index (χ2v) is 9.04. The van der Waals surface area contributed by atoms with E-state index in [2.05, 4.69) is 5.32 Å². The third kappa shape index (κ3) is 3.80. The Kier molecular flexibility index (Phi) is 5.75. The molecule has 3 N–H and O–H groups in total. The Morgan fingerprint density at radius 3 is 2.32 bits per heavy atom. The Balaban J connectivity index is 1.31. The van der Waals surface area contributed by atoms with E-state index < -0.39 is 35.7 Å². The molecule has 9 heteroatoms. The summed E-state index contributed by atoms with van der Waals surface area (Å²) >= 11 is 0. The zero-order valence-electron chi connectivity index (χ0n) is 18.5. The molecule has 3 aliphatic rings. The second-order valence-electron chi connectivity index (χ2n) is 9.04. The first-order valence-corrected chi connectivity index (χ1v) is 11.3. The first-order valence-electron chi connectivity index (χ1n) is 11.3. The van der Waals surface area contributed by atoms with Crippen LogP contribution in [0.4, 0.5) is 4.79 Å². The molecular formula is C25H26N2O7. The van der Waals surface area contributed by atoms with Gasteiger partial charge in [0.15, 0.2) is 0 Å². The van der Waals surface area contributed by atoms with E-state index in [0.717, 1.165) is 27.2 Å². The number of aliphatic hydroxyl groups excluding tert-OH is 1. The zero-order valence-corrected chi connectivity index (χ0v) is 18.5. The van der Waals surface area contributed by atoms with E-state index in [1.54, 1.807) is 0 Å². The molecule has 2 aliphatic heterocycles. The molecule has 2 saturated heterocycles. The monoisotopic (exact) mass is 466 g/mol. The molecule has 2 aromatic rings. The Hall–Kier alpha value is -3.43. The summed E-state index contributed by atoms with van der Waals surface area (Å²) in [6, 6.07) is 14.8. The van der Waals surface area contributed by atoms with Gasteiger partial charge in [0.2, 0.25) is 0 Å². The van der Waals surface area contributed by atoms with E-state index in [1.807, 2.05) is 48.5 Å². The summed E-state index contributed by atoms with van der Waals surface area (Å²) in [5, 5.41) is 22.1. The minimum Gasteiger partial charge on any atom is -0.480 e. The Morgan fingerprint density at radius 2 is 1.74 bits per heavy atom. The second kappa shape index (κ2) is 8.73. The lowest BCUT2D eigenvalue weighted by Gasteiger charge is -2.33. The van der Waals surface area contributed by atoms with Crippen LogP contribution in [0.2, 0.25) is 0 Å². The van der Waals surface area contributed by atoms with Crippen molar-refractivity contribution >= 4 is 18.0 Å². The van der Waals surface area contributed by atoms with E-state index in [1.165, 1.54) is 0 Å². The topological polar surface area (TPSA) is 125 Å². The highest BCUT2D eigenvalue weighted by Gasteiger charge is 2.51. The molecule has 5 rings (SSSR count). The fourth-order valence-corrected chi connectivity index (χ4v) is 5.26. The predicted molar refractivity (Wildman–Crippen MR) is 120 cm³/mol. The van der Waals surface area contributed by atoms with Crippen LogP contribution < -0.4 is 5.32 Å². The molecule has 1 aliphatic carbocycles. The van der Waals surface area contributed by atoms with Crippen LogP contribution >= 0.6 is 0 Å². The summed E-state index contributed by atoms with van der Waals surface area (Å²) in [4.78, 5) is 38.9. The number of amides is 2. The summed E-state index contributed by atoms with van der Waals surface area (Å²) in [5.74, 6) is -1.91. The number of rotatable bonds is 5. The molecule has 3 atom stereocenters. The van der Waals surface area contributed by atoms with Crippen molar-refractivity contribution in [3.05, 3.63) is 59.7 Å². The minimum atomic E-state index is -1.43. The van der Waals surface area contributed by atoms with Gasteiger partial charge in [0.05, 0.1) is 12.7 Å². The van der Waals surface area contributed by atoms with E-state index in [-0.39, 0.29) is 45.1 Å². The van der Waals surface area contributed by atoms with E-state index >= 15 is 0 Å². The van der Waals surface area contributed by atoms with Crippen LogP contribution in [0.25, 0.3) is 11.1 Å². The van der Waals surface area contributed by atoms with Gasteiger partial charge in [0, 0.05) is 31.9 Å². The number of carboxylic acids is 1. The van der Waals surface area contributed by atoms with Gasteiger partial charge in [-0.3, -0.25) is 4.79 Å². The maximum absolute atomic E-state index is 13.4. The van der Waals surface area contributed by atoms with E-state index in [4.69, 9.17) is 9.47 Å². The fraction of sp³-hybridized carbons (Fsp3) is 0.400. The van der Waals surface area contributed by atoms with Crippen LogP contribution in [0.3, 0.4) is 0 Å². The number of aliphatic carboxylic acids is 1. The lowest BCUT2D eigenvalue weighted by atomic mass is 9.96. The number of hydrogen-bond acceptors (Lipinski definition) is 6. The minimum absolute atomic E-state index is 0.0526. The first-order chi connectivity index (χ1) is 16.4. The van der Waals surface area contributed by atoms with E-state index in [0.29, 0.717) is 0 Å². The van der Waals surface area contributed by atoms with Crippen LogP contribution in [0.5, 0.6) is 0 Å². The van der Waals surface area contributed by atoms with Gasteiger partial charge in [-0.05, 0) is 22.3 Å². The number of likely N-dealkylation sites (tertiary alicyclic amines) is 1. The molecule has 2 heterocycles. The van der Waals surface area contributed by atoms with Crippen LogP contribution in [0, 0.1) is 0 Å². The molecule has 178 valence electrons. The lowest BCUT2D eigenvalue weighted by Crippen LogP contribution is -2.62. The Bertz CT molecular complexity index is 1080. The lowest BCUT2D eigenvalue weighted by molar-refractivity contribution is -0.151. The molecule has 0 aromatic heterocycles. The summed E-state index contributed by atoms with van der Waals surface area (Å²) in [6.45, 7) is 0.133. The normalized spacial score (nSPS) is 25.6. The standard InChI is InChI=1S/C25H26N2O7/c28-15-11-21(22(29)30)27(12-15)23(31)25(9-10-33-14-25)26-24(32)34-13-20-18-7-3-1-5-16(18)17-6-2-4-8-19(17)20/h1-8,15,20-21,28H,9-14H2,(H,26,32)(H,29,30)/t15-,21-,25?/m1/s1. The number of nitrogens with one attached hydrogen (secondary N) is 1. The molecule has 0 saturated carbocycles. The number of benzene rings is 2. The highest BCUT2D eigenvalue weighted by atomic mass is 16.6.